The van der Waals surface area contributed by atoms with Crippen LogP contribution in [0.5, 0.6) is 0 Å². The van der Waals surface area contributed by atoms with E-state index in [-0.39, 0.29) is 0 Å². The van der Waals surface area contributed by atoms with Gasteiger partial charge in [0.05, 0.1) is 0 Å². The maximum atomic E-state index is 12.1. The minimum Gasteiger partial charge on any atom is -0.455 e. The summed E-state index contributed by atoms with van der Waals surface area (Å²) >= 11 is 1.33. The van der Waals surface area contributed by atoms with Crippen molar-refractivity contribution in [2.75, 3.05) is 6.26 Å². The highest BCUT2D eigenvalue weighted by molar-refractivity contribution is 7.99. The first-order valence-corrected chi connectivity index (χ1v) is 12.7. The van der Waals surface area contributed by atoms with Crippen LogP contribution in [0.25, 0.3) is 0 Å². The summed E-state index contributed by atoms with van der Waals surface area (Å²) < 4.78 is 23.0. The van der Waals surface area contributed by atoms with Crippen molar-refractivity contribution in [3.05, 3.63) is 70.3 Å². The third-order valence-corrected chi connectivity index (χ3v) is 6.69. The number of benzene rings is 2. The number of carbonyl (C=O) groups excluding carboxylic acids is 3. The Morgan fingerprint density at radius 1 is 0.829 bits per heavy atom. The molecule has 3 rings (SSSR count). The molecule has 0 amide bonds. The fourth-order valence-electron chi connectivity index (χ4n) is 4.22. The molecule has 0 unspecified atom stereocenters. The van der Waals surface area contributed by atoms with Crippen LogP contribution in [0.3, 0.4) is 0 Å². The highest BCUT2D eigenvalue weighted by Crippen LogP contribution is 2.40. The summed E-state index contributed by atoms with van der Waals surface area (Å²) in [6, 6.07) is 14.3. The van der Waals surface area contributed by atoms with E-state index in [4.69, 9.17) is 18.9 Å². The van der Waals surface area contributed by atoms with E-state index >= 15 is 0 Å². The molecule has 2 aromatic rings. The Morgan fingerprint density at radius 3 is 1.97 bits per heavy atom. The van der Waals surface area contributed by atoms with Gasteiger partial charge in [0.15, 0.2) is 18.3 Å². The predicted molar refractivity (Wildman–Crippen MR) is 133 cm³/mol. The smallest absolute Gasteiger partial charge is 0.303 e. The summed E-state index contributed by atoms with van der Waals surface area (Å²) in [5.41, 5.74) is 4.73. The molecule has 1 aliphatic rings. The molecule has 1 heterocycles. The Hall–Kier alpha value is -2.84. The summed E-state index contributed by atoms with van der Waals surface area (Å²) in [6.45, 7) is 7.91. The van der Waals surface area contributed by atoms with Crippen molar-refractivity contribution < 1.29 is 33.3 Å². The number of ether oxygens (including phenoxy) is 4. The third-order valence-electron chi connectivity index (χ3n) is 5.85. The van der Waals surface area contributed by atoms with Gasteiger partial charge in [0.25, 0.3) is 0 Å². The largest absolute Gasteiger partial charge is 0.455 e. The first-order chi connectivity index (χ1) is 16.6. The minimum absolute atomic E-state index is 0.550. The molecule has 5 atom stereocenters. The van der Waals surface area contributed by atoms with Crippen molar-refractivity contribution in [2.24, 2.45) is 0 Å². The van der Waals surface area contributed by atoms with Gasteiger partial charge < -0.3 is 18.9 Å². The van der Waals surface area contributed by atoms with Crippen LogP contribution < -0.4 is 0 Å². The van der Waals surface area contributed by atoms with Gasteiger partial charge in [-0.15, -0.1) is 11.8 Å². The first-order valence-electron chi connectivity index (χ1n) is 11.4. The van der Waals surface area contributed by atoms with Crippen molar-refractivity contribution in [1.29, 1.82) is 0 Å². The fraction of sp³-hybridized carbons (Fsp3) is 0.444. The Bertz CT molecular complexity index is 1070. The lowest BCUT2D eigenvalue weighted by atomic mass is 9.90. The van der Waals surface area contributed by atoms with Gasteiger partial charge in [-0.3, -0.25) is 14.4 Å². The number of carbonyl (C=O) groups is 3. The van der Waals surface area contributed by atoms with E-state index in [1.165, 1.54) is 43.7 Å². The second-order valence-corrected chi connectivity index (χ2v) is 9.67. The molecular weight excluding hydrogens is 468 g/mol. The predicted octanol–water partition coefficient (Wildman–Crippen LogP) is 4.45. The first kappa shape index (κ1) is 26.8. The number of hydrogen-bond donors (Lipinski definition) is 0. The minimum atomic E-state index is -1.03. The molecule has 0 bridgehead atoms. The Balaban J connectivity index is 2.03. The highest BCUT2D eigenvalue weighted by atomic mass is 32.2. The lowest BCUT2D eigenvalue weighted by Crippen LogP contribution is -2.57. The third kappa shape index (κ3) is 6.86. The second-order valence-electron chi connectivity index (χ2n) is 8.73. The van der Waals surface area contributed by atoms with E-state index in [0.717, 1.165) is 23.1 Å². The average molecular weight is 501 g/mol. The summed E-state index contributed by atoms with van der Waals surface area (Å²) in [5, 5.41) is 0. The molecule has 0 aromatic heterocycles. The molecule has 0 radical (unpaired) electrons. The molecule has 35 heavy (non-hydrogen) atoms. The van der Waals surface area contributed by atoms with Crippen LogP contribution in [0.1, 0.15) is 54.7 Å². The molecule has 0 saturated carbocycles. The zero-order chi connectivity index (χ0) is 25.7. The lowest BCUT2D eigenvalue weighted by molar-refractivity contribution is -0.233. The van der Waals surface area contributed by atoms with Crippen LogP contribution in [0, 0.1) is 13.8 Å². The van der Waals surface area contributed by atoms with Crippen LogP contribution in [0.4, 0.5) is 0 Å². The van der Waals surface area contributed by atoms with Crippen molar-refractivity contribution in [1.82, 2.24) is 0 Å². The maximum absolute atomic E-state index is 12.1. The van der Waals surface area contributed by atoms with Gasteiger partial charge >= 0.3 is 17.9 Å². The van der Waals surface area contributed by atoms with Gasteiger partial charge in [0, 0.05) is 20.8 Å². The molecule has 2 aromatic carbocycles. The monoisotopic (exact) mass is 500 g/mol. The SMILES string of the molecule is CS[C@H]1O[C@@H](c2ccc(C)c(Cc3ccc(C)cc3)c2)[C@H](OC(C)=O)[C@@H](OC(C)=O)[C@@H]1OC(C)=O. The standard InChI is InChI=1S/C27H32O7S/c1-15-7-10-20(11-8-15)13-22-14-21(12-9-16(22)2)23-24(31-17(3)28)25(32-18(4)29)26(33-19(5)30)27(34-23)35-6/h7-12,14,23-27H,13H2,1-6H3/t23-,24-,25+,26-,27+/m0/s1. The summed E-state index contributed by atoms with van der Waals surface area (Å²) in [7, 11) is 0. The molecule has 0 aliphatic carbocycles. The molecule has 7 nitrogen and oxygen atoms in total. The van der Waals surface area contributed by atoms with Gasteiger partial charge in [-0.25, -0.2) is 0 Å². The van der Waals surface area contributed by atoms with Gasteiger partial charge in [0.2, 0.25) is 0 Å². The lowest BCUT2D eigenvalue weighted by Gasteiger charge is -2.44. The molecule has 1 aliphatic heterocycles. The van der Waals surface area contributed by atoms with Gasteiger partial charge in [-0.1, -0.05) is 48.0 Å². The number of esters is 3. The molecule has 1 saturated heterocycles. The second kappa shape index (κ2) is 11.7. The van der Waals surface area contributed by atoms with Crippen LogP contribution in [0.15, 0.2) is 42.5 Å². The van der Waals surface area contributed by atoms with E-state index in [9.17, 15) is 14.4 Å². The van der Waals surface area contributed by atoms with E-state index in [1.54, 1.807) is 0 Å². The van der Waals surface area contributed by atoms with E-state index < -0.39 is 47.8 Å². The van der Waals surface area contributed by atoms with Crippen LogP contribution in [-0.2, 0) is 39.8 Å². The van der Waals surface area contributed by atoms with Crippen molar-refractivity contribution in [2.45, 2.75) is 70.9 Å². The molecule has 188 valence electrons. The van der Waals surface area contributed by atoms with Crippen LogP contribution in [0.2, 0.25) is 0 Å². The highest BCUT2D eigenvalue weighted by Gasteiger charge is 2.52. The van der Waals surface area contributed by atoms with Gasteiger partial charge in [-0.2, -0.15) is 0 Å². The molecule has 1 fully saturated rings. The molecule has 8 heteroatoms. The zero-order valence-electron chi connectivity index (χ0n) is 20.9. The quantitative estimate of drug-likeness (QED) is 0.407. The molecule has 0 spiro atoms. The van der Waals surface area contributed by atoms with Gasteiger partial charge in [0.1, 0.15) is 11.5 Å². The fourth-order valence-corrected chi connectivity index (χ4v) is 4.93. The maximum Gasteiger partial charge on any atom is 0.303 e. The van der Waals surface area contributed by atoms with E-state index in [2.05, 4.69) is 31.2 Å². The summed E-state index contributed by atoms with van der Waals surface area (Å²) in [4.78, 5) is 35.9. The topological polar surface area (TPSA) is 88.1 Å². The molecular formula is C27H32O7S. The average Bonchev–Trinajstić information content (AvgIpc) is 2.78. The van der Waals surface area contributed by atoms with E-state index in [1.807, 2.05) is 31.4 Å². The zero-order valence-corrected chi connectivity index (χ0v) is 21.7. The van der Waals surface area contributed by atoms with Gasteiger partial charge in [-0.05, 0) is 48.8 Å². The number of rotatable bonds is 7. The Labute approximate surface area is 210 Å². The van der Waals surface area contributed by atoms with Crippen molar-refractivity contribution in [3.8, 4) is 0 Å². The number of aryl methyl sites for hydroxylation is 2. The van der Waals surface area contributed by atoms with E-state index in [0.29, 0.717) is 0 Å². The number of thioether (sulfide) groups is 1. The van der Waals surface area contributed by atoms with Crippen molar-refractivity contribution >= 4 is 29.7 Å². The van der Waals surface area contributed by atoms with Crippen molar-refractivity contribution in [3.63, 3.8) is 0 Å². The molecule has 0 N–H and O–H groups in total. The normalized spacial score (nSPS) is 23.9. The van der Waals surface area contributed by atoms with Crippen LogP contribution in [-0.4, -0.2) is 47.9 Å². The summed E-state index contributed by atoms with van der Waals surface area (Å²) in [6.07, 6.45) is -1.17. The Kier molecular flexibility index (Phi) is 8.97. The number of hydrogen-bond acceptors (Lipinski definition) is 8. The Morgan fingerprint density at radius 2 is 1.40 bits per heavy atom. The summed E-state index contributed by atoms with van der Waals surface area (Å²) in [5.74, 6) is -1.68. The van der Waals surface area contributed by atoms with Crippen LogP contribution >= 0.6 is 11.8 Å².